The van der Waals surface area contributed by atoms with Crippen molar-refractivity contribution in [2.24, 2.45) is 0 Å². The SMILES string of the molecule is C=Cc1cc(-c2cc(-c3ccc(-c4nc(-c5ccccc5)c5ccccc5n4)cc3)nc(-c3ccccc3)n2)ccc1C(=C)C1=CC=CCC1. The highest BCUT2D eigenvalue weighted by atomic mass is 14.9. The molecule has 4 heteroatoms. The third-order valence-corrected chi connectivity index (χ3v) is 9.14. The van der Waals surface area contributed by atoms with Crippen molar-refractivity contribution in [1.29, 1.82) is 0 Å². The number of hydrogen-bond acceptors (Lipinski definition) is 4. The van der Waals surface area contributed by atoms with E-state index in [1.165, 1.54) is 5.57 Å². The summed E-state index contributed by atoms with van der Waals surface area (Å²) in [6.45, 7) is 8.59. The Hall–Kier alpha value is -6.52. The van der Waals surface area contributed by atoms with Crippen LogP contribution in [-0.2, 0) is 0 Å². The van der Waals surface area contributed by atoms with Gasteiger partial charge in [-0.25, -0.2) is 19.9 Å². The van der Waals surface area contributed by atoms with Crippen molar-refractivity contribution in [3.63, 3.8) is 0 Å². The lowest BCUT2D eigenvalue weighted by molar-refractivity contribution is 0.996. The number of rotatable bonds is 8. The molecule has 1 aliphatic rings. The maximum atomic E-state index is 5.06. The van der Waals surface area contributed by atoms with E-state index in [2.05, 4.69) is 98.1 Å². The van der Waals surface area contributed by atoms with Gasteiger partial charge >= 0.3 is 0 Å². The van der Waals surface area contributed by atoms with Gasteiger partial charge in [0.1, 0.15) is 0 Å². The molecule has 7 aromatic rings. The van der Waals surface area contributed by atoms with Crippen molar-refractivity contribution in [2.45, 2.75) is 12.8 Å². The highest BCUT2D eigenvalue weighted by Crippen LogP contribution is 2.35. The van der Waals surface area contributed by atoms with Crippen LogP contribution in [0.1, 0.15) is 24.0 Å². The number of aromatic nitrogens is 4. The van der Waals surface area contributed by atoms with E-state index >= 15 is 0 Å². The smallest absolute Gasteiger partial charge is 0.160 e. The van der Waals surface area contributed by atoms with Gasteiger partial charge in [0.05, 0.1) is 22.6 Å². The average Bonchev–Trinajstić information content (AvgIpc) is 3.20. The largest absolute Gasteiger partial charge is 0.228 e. The van der Waals surface area contributed by atoms with E-state index in [4.69, 9.17) is 19.9 Å². The van der Waals surface area contributed by atoms with Crippen LogP contribution >= 0.6 is 0 Å². The zero-order valence-corrected chi connectivity index (χ0v) is 27.6. The molecule has 4 nitrogen and oxygen atoms in total. The molecular weight excluding hydrogens is 609 g/mol. The lowest BCUT2D eigenvalue weighted by Gasteiger charge is -2.16. The van der Waals surface area contributed by atoms with Crippen molar-refractivity contribution in [3.8, 4) is 56.5 Å². The minimum absolute atomic E-state index is 0.667. The Kier molecular flexibility index (Phi) is 8.34. The number of allylic oxidation sites excluding steroid dienone is 5. The standard InChI is InChI=1S/C46H34N4/c1-3-32-29-38(27-28-39(32)31(2)33-15-7-4-8-16-33)43-30-42(48-45(49-43)36-19-11-6-12-20-36)34-23-25-37(26-24-34)46-47-41-22-14-13-21-40(41)44(50-46)35-17-9-5-10-18-35/h3-7,9-15,17-30H,1-2,8,16H2. The first-order valence-corrected chi connectivity index (χ1v) is 16.8. The Balaban J connectivity index is 1.19. The topological polar surface area (TPSA) is 51.6 Å². The molecule has 238 valence electrons. The molecule has 0 atom stereocenters. The van der Waals surface area contributed by atoms with Crippen molar-refractivity contribution in [1.82, 2.24) is 19.9 Å². The molecule has 2 aromatic heterocycles. The van der Waals surface area contributed by atoms with E-state index in [-0.39, 0.29) is 0 Å². The molecule has 8 rings (SSSR count). The Morgan fingerprint density at radius 1 is 0.580 bits per heavy atom. The van der Waals surface area contributed by atoms with Crippen LogP contribution < -0.4 is 0 Å². The normalized spacial score (nSPS) is 12.4. The highest BCUT2D eigenvalue weighted by Gasteiger charge is 2.16. The summed E-state index contributed by atoms with van der Waals surface area (Å²) in [4.78, 5) is 20.1. The fourth-order valence-corrected chi connectivity index (χ4v) is 6.46. The van der Waals surface area contributed by atoms with Gasteiger partial charge in [-0.2, -0.15) is 0 Å². The number of fused-ring (bicyclic) bond motifs is 1. The van der Waals surface area contributed by atoms with E-state index in [1.807, 2.05) is 72.8 Å². The van der Waals surface area contributed by atoms with Gasteiger partial charge in [-0.1, -0.05) is 153 Å². The Bertz CT molecular complexity index is 2440. The first kappa shape index (κ1) is 30.8. The van der Waals surface area contributed by atoms with Gasteiger partial charge < -0.3 is 0 Å². The van der Waals surface area contributed by atoms with Crippen LogP contribution in [0.4, 0.5) is 0 Å². The zero-order chi connectivity index (χ0) is 33.9. The van der Waals surface area contributed by atoms with Gasteiger partial charge in [0.15, 0.2) is 11.6 Å². The maximum absolute atomic E-state index is 5.06. The van der Waals surface area contributed by atoms with Crippen molar-refractivity contribution >= 4 is 22.6 Å². The molecule has 0 fully saturated rings. The second-order valence-corrected chi connectivity index (χ2v) is 12.3. The number of para-hydroxylation sites is 1. The summed E-state index contributed by atoms with van der Waals surface area (Å²) in [5, 5.41) is 1.03. The predicted molar refractivity (Wildman–Crippen MR) is 208 cm³/mol. The number of nitrogens with zero attached hydrogens (tertiary/aromatic N) is 4. The maximum Gasteiger partial charge on any atom is 0.160 e. The highest BCUT2D eigenvalue weighted by molar-refractivity contribution is 5.93. The lowest BCUT2D eigenvalue weighted by Crippen LogP contribution is -1.98. The molecule has 0 N–H and O–H groups in total. The molecule has 0 spiro atoms. The molecule has 0 amide bonds. The monoisotopic (exact) mass is 642 g/mol. The predicted octanol–water partition coefficient (Wildman–Crippen LogP) is 11.7. The van der Waals surface area contributed by atoms with Crippen LogP contribution in [0.5, 0.6) is 0 Å². The van der Waals surface area contributed by atoms with Crippen LogP contribution in [0.3, 0.4) is 0 Å². The van der Waals surface area contributed by atoms with Crippen LogP contribution in [0.15, 0.2) is 170 Å². The summed E-state index contributed by atoms with van der Waals surface area (Å²) in [5.74, 6) is 1.35. The van der Waals surface area contributed by atoms with Crippen LogP contribution in [0.2, 0.25) is 0 Å². The molecule has 0 aliphatic heterocycles. The number of benzene rings is 5. The lowest BCUT2D eigenvalue weighted by atomic mass is 9.89. The third kappa shape index (κ3) is 6.11. The molecule has 0 saturated heterocycles. The van der Waals surface area contributed by atoms with E-state index in [0.29, 0.717) is 11.6 Å². The van der Waals surface area contributed by atoms with Gasteiger partial charge in [0.2, 0.25) is 0 Å². The molecule has 0 radical (unpaired) electrons. The molecule has 1 aliphatic carbocycles. The number of hydrogen-bond donors (Lipinski definition) is 0. The molecule has 5 aromatic carbocycles. The summed E-state index contributed by atoms with van der Waals surface area (Å²) >= 11 is 0. The molecule has 0 unspecified atom stereocenters. The van der Waals surface area contributed by atoms with Gasteiger partial charge in [-0.05, 0) is 53.3 Å². The zero-order valence-electron chi connectivity index (χ0n) is 27.6. The molecule has 2 heterocycles. The molecule has 0 bridgehead atoms. The van der Waals surface area contributed by atoms with Crippen molar-refractivity contribution in [3.05, 3.63) is 182 Å². The van der Waals surface area contributed by atoms with E-state index in [1.54, 1.807) is 0 Å². The minimum atomic E-state index is 0.667. The fourth-order valence-electron chi connectivity index (χ4n) is 6.46. The summed E-state index contributed by atoms with van der Waals surface area (Å²) in [6, 6.07) is 45.4. The summed E-state index contributed by atoms with van der Waals surface area (Å²) in [6.07, 6.45) is 10.4. The first-order chi connectivity index (χ1) is 24.6. The summed E-state index contributed by atoms with van der Waals surface area (Å²) in [7, 11) is 0. The van der Waals surface area contributed by atoms with Crippen LogP contribution in [0.25, 0.3) is 79.1 Å². The quantitative estimate of drug-likeness (QED) is 0.165. The molecule has 50 heavy (non-hydrogen) atoms. The van der Waals surface area contributed by atoms with Crippen LogP contribution in [-0.4, -0.2) is 19.9 Å². The van der Waals surface area contributed by atoms with Gasteiger partial charge in [0.25, 0.3) is 0 Å². The van der Waals surface area contributed by atoms with Gasteiger partial charge in [0, 0.05) is 33.2 Å². The minimum Gasteiger partial charge on any atom is -0.228 e. The summed E-state index contributed by atoms with van der Waals surface area (Å²) < 4.78 is 0. The van der Waals surface area contributed by atoms with Gasteiger partial charge in [-0.3, -0.25) is 0 Å². The Labute approximate surface area is 292 Å². The van der Waals surface area contributed by atoms with E-state index in [9.17, 15) is 0 Å². The second kappa shape index (κ2) is 13.5. The Morgan fingerprint density at radius 2 is 1.20 bits per heavy atom. The van der Waals surface area contributed by atoms with E-state index < -0.39 is 0 Å². The average molecular weight is 643 g/mol. The second-order valence-electron chi connectivity index (χ2n) is 12.3. The fraction of sp³-hybridized carbons (Fsp3) is 0.0435. The molecule has 0 saturated carbocycles. The van der Waals surface area contributed by atoms with Crippen molar-refractivity contribution < 1.29 is 0 Å². The van der Waals surface area contributed by atoms with E-state index in [0.717, 1.165) is 85.3 Å². The first-order valence-electron chi connectivity index (χ1n) is 16.8. The van der Waals surface area contributed by atoms with Gasteiger partial charge in [-0.15, -0.1) is 0 Å². The molecular formula is C46H34N4. The van der Waals surface area contributed by atoms with Crippen LogP contribution in [0, 0.1) is 0 Å². The summed E-state index contributed by atoms with van der Waals surface area (Å²) in [5.41, 5.74) is 12.8. The van der Waals surface area contributed by atoms with Crippen molar-refractivity contribution in [2.75, 3.05) is 0 Å². The Morgan fingerprint density at radius 3 is 1.92 bits per heavy atom. The third-order valence-electron chi connectivity index (χ3n) is 9.14.